The summed E-state index contributed by atoms with van der Waals surface area (Å²) < 4.78 is 0. The normalized spacial score (nSPS) is 59.2. The van der Waals surface area contributed by atoms with Gasteiger partial charge in [0.25, 0.3) is 0 Å². The molecule has 0 bridgehead atoms. The van der Waals surface area contributed by atoms with Crippen LogP contribution in [0, 0.1) is 34.5 Å². The molecule has 0 unspecified atom stereocenters. The molecule has 0 aromatic carbocycles. The van der Waals surface area contributed by atoms with Crippen molar-refractivity contribution < 1.29 is 5.11 Å². The lowest BCUT2D eigenvalue weighted by Gasteiger charge is -2.60. The molecule has 0 radical (unpaired) electrons. The standard InChI is InChI=1S/C20H32O/c1-18-11-5-4-6-14(18)7-8-15-16(18)9-12-19(2)17(15)10-13-20(19,3)21/h4-5,14-17,21H,6-13H2,1-3H3/t14-,15-,16-,17-,18+,19+,20+/m1/s1. The lowest BCUT2D eigenvalue weighted by molar-refractivity contribution is -0.138. The number of aliphatic hydroxyl groups is 1. The minimum Gasteiger partial charge on any atom is -0.390 e. The van der Waals surface area contributed by atoms with Crippen molar-refractivity contribution in [2.45, 2.75) is 77.7 Å². The van der Waals surface area contributed by atoms with Crippen LogP contribution in [0.2, 0.25) is 0 Å². The molecule has 4 rings (SSSR count). The maximum absolute atomic E-state index is 10.9. The first-order valence-electron chi connectivity index (χ1n) is 9.26. The molecular weight excluding hydrogens is 256 g/mol. The van der Waals surface area contributed by atoms with Gasteiger partial charge in [-0.15, -0.1) is 0 Å². The quantitative estimate of drug-likeness (QED) is 0.626. The van der Waals surface area contributed by atoms with Crippen LogP contribution in [-0.2, 0) is 0 Å². The van der Waals surface area contributed by atoms with Crippen molar-refractivity contribution >= 4 is 0 Å². The molecule has 7 atom stereocenters. The molecule has 0 aromatic rings. The molecule has 0 spiro atoms. The molecule has 4 aliphatic carbocycles. The van der Waals surface area contributed by atoms with Crippen molar-refractivity contribution in [1.29, 1.82) is 0 Å². The van der Waals surface area contributed by atoms with Crippen LogP contribution in [-0.4, -0.2) is 10.7 Å². The third kappa shape index (κ3) is 1.73. The molecule has 0 aromatic heterocycles. The summed E-state index contributed by atoms with van der Waals surface area (Å²) in [6, 6.07) is 0. The molecule has 0 aliphatic heterocycles. The lowest BCUT2D eigenvalue weighted by Crippen LogP contribution is -2.55. The van der Waals surface area contributed by atoms with Crippen molar-refractivity contribution in [3.8, 4) is 0 Å². The van der Waals surface area contributed by atoms with Crippen LogP contribution in [0.1, 0.15) is 72.1 Å². The summed E-state index contributed by atoms with van der Waals surface area (Å²) in [5, 5.41) is 10.9. The number of fused-ring (bicyclic) bond motifs is 5. The van der Waals surface area contributed by atoms with Gasteiger partial charge in [-0.25, -0.2) is 0 Å². The summed E-state index contributed by atoms with van der Waals surface area (Å²) in [6.07, 6.45) is 15.3. The van der Waals surface area contributed by atoms with Gasteiger partial charge < -0.3 is 5.11 Å². The van der Waals surface area contributed by atoms with E-state index in [1.807, 2.05) is 0 Å². The minimum absolute atomic E-state index is 0.182. The van der Waals surface area contributed by atoms with Crippen molar-refractivity contribution in [2.24, 2.45) is 34.5 Å². The van der Waals surface area contributed by atoms with E-state index in [0.29, 0.717) is 5.41 Å². The van der Waals surface area contributed by atoms with Gasteiger partial charge in [0.05, 0.1) is 5.60 Å². The smallest absolute Gasteiger partial charge is 0.0675 e. The monoisotopic (exact) mass is 288 g/mol. The van der Waals surface area contributed by atoms with Gasteiger partial charge in [0.1, 0.15) is 0 Å². The third-order valence-electron chi connectivity index (χ3n) is 8.77. The predicted molar refractivity (Wildman–Crippen MR) is 86.9 cm³/mol. The van der Waals surface area contributed by atoms with Gasteiger partial charge >= 0.3 is 0 Å². The second-order valence-corrected chi connectivity index (χ2v) is 9.34. The van der Waals surface area contributed by atoms with E-state index in [0.717, 1.165) is 30.1 Å². The summed E-state index contributed by atoms with van der Waals surface area (Å²) >= 11 is 0. The van der Waals surface area contributed by atoms with Gasteiger partial charge in [0.2, 0.25) is 0 Å². The zero-order valence-electron chi connectivity index (χ0n) is 14.1. The van der Waals surface area contributed by atoms with Crippen LogP contribution in [0.25, 0.3) is 0 Å². The van der Waals surface area contributed by atoms with Crippen molar-refractivity contribution in [2.75, 3.05) is 0 Å². The lowest BCUT2D eigenvalue weighted by atomic mass is 9.45. The molecule has 21 heavy (non-hydrogen) atoms. The second-order valence-electron chi connectivity index (χ2n) is 9.34. The first-order chi connectivity index (χ1) is 9.88. The fraction of sp³-hybridized carbons (Fsp3) is 0.900. The summed E-state index contributed by atoms with van der Waals surface area (Å²) in [5.41, 5.74) is 0.308. The van der Waals surface area contributed by atoms with Crippen molar-refractivity contribution in [3.05, 3.63) is 12.2 Å². The van der Waals surface area contributed by atoms with E-state index in [4.69, 9.17) is 0 Å². The molecule has 1 N–H and O–H groups in total. The SMILES string of the molecule is C[C@]12CC=CC[C@@H]1CC[C@@H]1[C@H]2CC[C@@]2(C)[C@@H]1CC[C@]2(C)O. The average molecular weight is 288 g/mol. The first-order valence-corrected chi connectivity index (χ1v) is 9.26. The Balaban J connectivity index is 1.68. The molecule has 1 nitrogen and oxygen atoms in total. The summed E-state index contributed by atoms with van der Waals surface area (Å²) in [4.78, 5) is 0. The fourth-order valence-electron chi connectivity index (χ4n) is 7.08. The Labute approximate surface area is 130 Å². The first kappa shape index (κ1) is 14.3. The van der Waals surface area contributed by atoms with Gasteiger partial charge in [-0.2, -0.15) is 0 Å². The molecule has 3 fully saturated rings. The average Bonchev–Trinajstić information content (AvgIpc) is 2.69. The highest BCUT2D eigenvalue weighted by Gasteiger charge is 2.62. The van der Waals surface area contributed by atoms with Crippen LogP contribution < -0.4 is 0 Å². The highest BCUT2D eigenvalue weighted by atomic mass is 16.3. The van der Waals surface area contributed by atoms with Crippen LogP contribution in [0.4, 0.5) is 0 Å². The van der Waals surface area contributed by atoms with Gasteiger partial charge in [0, 0.05) is 0 Å². The van der Waals surface area contributed by atoms with Gasteiger partial charge in [-0.3, -0.25) is 0 Å². The number of allylic oxidation sites excluding steroid dienone is 2. The van der Waals surface area contributed by atoms with Crippen LogP contribution >= 0.6 is 0 Å². The molecule has 3 saturated carbocycles. The highest BCUT2D eigenvalue weighted by Crippen LogP contribution is 2.67. The van der Waals surface area contributed by atoms with Crippen LogP contribution in [0.5, 0.6) is 0 Å². The highest BCUT2D eigenvalue weighted by molar-refractivity contribution is 5.14. The predicted octanol–water partition coefficient (Wildman–Crippen LogP) is 4.95. The van der Waals surface area contributed by atoms with E-state index in [2.05, 4.69) is 32.9 Å². The summed E-state index contributed by atoms with van der Waals surface area (Å²) in [5.74, 6) is 3.49. The third-order valence-corrected chi connectivity index (χ3v) is 8.77. The van der Waals surface area contributed by atoms with E-state index in [1.165, 1.54) is 44.9 Å². The Morgan fingerprint density at radius 2 is 1.67 bits per heavy atom. The zero-order chi connectivity index (χ0) is 14.9. The van der Waals surface area contributed by atoms with E-state index < -0.39 is 5.60 Å². The molecule has 1 heteroatoms. The molecule has 118 valence electrons. The van der Waals surface area contributed by atoms with Gasteiger partial charge in [0.15, 0.2) is 0 Å². The molecule has 0 saturated heterocycles. The Hall–Kier alpha value is -0.300. The number of hydrogen-bond acceptors (Lipinski definition) is 1. The Morgan fingerprint density at radius 3 is 2.48 bits per heavy atom. The molecule has 0 amide bonds. The van der Waals surface area contributed by atoms with Gasteiger partial charge in [-0.1, -0.05) is 26.0 Å². The Kier molecular flexibility index (Phi) is 2.98. The van der Waals surface area contributed by atoms with E-state index in [9.17, 15) is 5.11 Å². The largest absolute Gasteiger partial charge is 0.390 e. The van der Waals surface area contributed by atoms with Crippen molar-refractivity contribution in [3.63, 3.8) is 0 Å². The van der Waals surface area contributed by atoms with Crippen molar-refractivity contribution in [1.82, 2.24) is 0 Å². The maximum Gasteiger partial charge on any atom is 0.0675 e. The molecular formula is C20H32O. The zero-order valence-corrected chi connectivity index (χ0v) is 14.1. The number of hydrogen-bond donors (Lipinski definition) is 1. The molecule has 0 heterocycles. The van der Waals surface area contributed by atoms with E-state index >= 15 is 0 Å². The minimum atomic E-state index is -0.424. The van der Waals surface area contributed by atoms with Crippen LogP contribution in [0.3, 0.4) is 0 Å². The number of rotatable bonds is 0. The van der Waals surface area contributed by atoms with E-state index in [1.54, 1.807) is 0 Å². The fourth-order valence-corrected chi connectivity index (χ4v) is 7.08. The van der Waals surface area contributed by atoms with Crippen LogP contribution in [0.15, 0.2) is 12.2 Å². The molecule has 4 aliphatic rings. The summed E-state index contributed by atoms with van der Waals surface area (Å²) in [7, 11) is 0. The summed E-state index contributed by atoms with van der Waals surface area (Å²) in [6.45, 7) is 7.11. The van der Waals surface area contributed by atoms with E-state index in [-0.39, 0.29) is 5.41 Å². The maximum atomic E-state index is 10.9. The van der Waals surface area contributed by atoms with Gasteiger partial charge in [-0.05, 0) is 92.8 Å². The second kappa shape index (κ2) is 4.37. The Morgan fingerprint density at radius 1 is 0.905 bits per heavy atom. The topological polar surface area (TPSA) is 20.2 Å². The Bertz CT molecular complexity index is 464.